The Balaban J connectivity index is 1.49. The van der Waals surface area contributed by atoms with E-state index in [0.29, 0.717) is 31.3 Å². The molecule has 1 aromatic heterocycles. The first-order chi connectivity index (χ1) is 12.6. The van der Waals surface area contributed by atoms with Crippen LogP contribution in [-0.2, 0) is 17.9 Å². The van der Waals surface area contributed by atoms with Gasteiger partial charge in [0.05, 0.1) is 17.6 Å². The van der Waals surface area contributed by atoms with Gasteiger partial charge in [-0.2, -0.15) is 0 Å². The number of halogens is 1. The zero-order valence-corrected chi connectivity index (χ0v) is 14.8. The Morgan fingerprint density at radius 3 is 2.96 bits per heavy atom. The lowest BCUT2D eigenvalue weighted by atomic mass is 10.2. The second kappa shape index (κ2) is 6.88. The van der Waals surface area contributed by atoms with Crippen LogP contribution in [0.5, 0.6) is 5.75 Å². The van der Waals surface area contributed by atoms with Gasteiger partial charge in [-0.25, -0.2) is 4.79 Å². The van der Waals surface area contributed by atoms with Crippen LogP contribution in [0.1, 0.15) is 12.0 Å². The first-order valence-electron chi connectivity index (χ1n) is 8.48. The number of carbonyl (C=O) groups is 1. The van der Waals surface area contributed by atoms with Crippen molar-refractivity contribution in [3.63, 3.8) is 0 Å². The third-order valence-corrected chi connectivity index (χ3v) is 4.82. The highest BCUT2D eigenvalue weighted by Gasteiger charge is 2.20. The van der Waals surface area contributed by atoms with E-state index in [-0.39, 0.29) is 18.0 Å². The van der Waals surface area contributed by atoms with Gasteiger partial charge in [-0.05, 0) is 30.3 Å². The number of benzene rings is 2. The molecule has 1 aliphatic rings. The molecule has 0 unspecified atom stereocenters. The van der Waals surface area contributed by atoms with Crippen molar-refractivity contribution >= 4 is 28.5 Å². The number of rotatable bonds is 3. The number of H-pyrrole nitrogens is 1. The number of fused-ring (bicyclic) bond motifs is 2. The van der Waals surface area contributed by atoms with E-state index in [1.54, 1.807) is 15.5 Å². The van der Waals surface area contributed by atoms with Crippen molar-refractivity contribution in [2.75, 3.05) is 13.2 Å². The van der Waals surface area contributed by atoms with Crippen molar-refractivity contribution in [3.8, 4) is 5.75 Å². The fourth-order valence-corrected chi connectivity index (χ4v) is 3.46. The molecule has 3 aromatic rings. The molecule has 0 bridgehead atoms. The summed E-state index contributed by atoms with van der Waals surface area (Å²) in [7, 11) is 0. The number of hydrogen-bond donors (Lipinski definition) is 1. The molecule has 134 valence electrons. The first-order valence-corrected chi connectivity index (χ1v) is 8.86. The molecule has 1 aliphatic heterocycles. The van der Waals surface area contributed by atoms with Gasteiger partial charge < -0.3 is 14.6 Å². The van der Waals surface area contributed by atoms with Gasteiger partial charge in [-0.15, -0.1) is 0 Å². The molecule has 0 atom stereocenters. The van der Waals surface area contributed by atoms with Gasteiger partial charge >= 0.3 is 5.69 Å². The number of nitrogens with zero attached hydrogens (tertiary/aromatic N) is 2. The van der Waals surface area contributed by atoms with E-state index in [2.05, 4.69) is 4.98 Å². The summed E-state index contributed by atoms with van der Waals surface area (Å²) in [6, 6.07) is 12.9. The summed E-state index contributed by atoms with van der Waals surface area (Å²) < 4.78 is 7.30. The Labute approximate surface area is 154 Å². The van der Waals surface area contributed by atoms with Crippen LogP contribution in [0.15, 0.2) is 47.3 Å². The summed E-state index contributed by atoms with van der Waals surface area (Å²) in [4.78, 5) is 29.4. The van der Waals surface area contributed by atoms with Gasteiger partial charge in [0.1, 0.15) is 12.4 Å². The van der Waals surface area contributed by atoms with E-state index < -0.39 is 0 Å². The van der Waals surface area contributed by atoms with E-state index in [9.17, 15) is 9.59 Å². The van der Waals surface area contributed by atoms with E-state index in [1.807, 2.05) is 36.4 Å². The van der Waals surface area contributed by atoms with Crippen molar-refractivity contribution in [3.05, 3.63) is 63.5 Å². The predicted molar refractivity (Wildman–Crippen MR) is 99.5 cm³/mol. The molecular weight excluding hydrogens is 354 g/mol. The Hall–Kier alpha value is -2.73. The molecule has 2 aromatic carbocycles. The molecule has 2 heterocycles. The molecule has 1 amide bonds. The molecular formula is C19H18ClN3O3. The zero-order valence-electron chi connectivity index (χ0n) is 14.1. The molecule has 0 saturated heterocycles. The average Bonchev–Trinajstić information content (AvgIpc) is 2.81. The summed E-state index contributed by atoms with van der Waals surface area (Å²) in [5, 5.41) is 0.618. The van der Waals surface area contributed by atoms with E-state index in [4.69, 9.17) is 16.3 Å². The molecule has 1 N–H and O–H groups in total. The number of hydrogen-bond acceptors (Lipinski definition) is 3. The van der Waals surface area contributed by atoms with Gasteiger partial charge in [0.25, 0.3) is 0 Å². The second-order valence-corrected chi connectivity index (χ2v) is 6.70. The maximum atomic E-state index is 12.7. The van der Waals surface area contributed by atoms with Gasteiger partial charge in [0, 0.05) is 30.1 Å². The number of nitrogens with one attached hydrogen (secondary N) is 1. The number of ether oxygens (including phenoxy) is 1. The van der Waals surface area contributed by atoms with Crippen LogP contribution < -0.4 is 10.4 Å². The number of carbonyl (C=O) groups excluding carboxylic acids is 1. The average molecular weight is 372 g/mol. The highest BCUT2D eigenvalue weighted by molar-refractivity contribution is 6.30. The van der Waals surface area contributed by atoms with Crippen molar-refractivity contribution in [1.82, 2.24) is 14.5 Å². The fourth-order valence-electron chi connectivity index (χ4n) is 3.27. The third kappa shape index (κ3) is 3.20. The summed E-state index contributed by atoms with van der Waals surface area (Å²) in [5.74, 6) is 0.746. The van der Waals surface area contributed by atoms with Crippen molar-refractivity contribution in [1.29, 1.82) is 0 Å². The minimum absolute atomic E-state index is 0.0152. The Kier molecular flexibility index (Phi) is 4.42. The number of aryl methyl sites for hydroxylation is 1. The molecule has 4 rings (SSSR count). The van der Waals surface area contributed by atoms with Crippen molar-refractivity contribution in [2.24, 2.45) is 0 Å². The van der Waals surface area contributed by atoms with Crippen molar-refractivity contribution < 1.29 is 9.53 Å². The number of aromatic nitrogens is 2. The standard InChI is InChI=1S/C19H18ClN3O3/c20-14-5-6-17-13(11-14)12-22(9-10-26-17)18(24)7-8-23-16-4-2-1-3-15(16)21-19(23)25/h1-6,11H,7-10,12H2,(H,21,25). The van der Waals surface area contributed by atoms with Crippen LogP contribution in [0.4, 0.5) is 0 Å². The summed E-state index contributed by atoms with van der Waals surface area (Å²) in [5.41, 5.74) is 2.28. The molecule has 6 nitrogen and oxygen atoms in total. The van der Waals surface area contributed by atoms with E-state index in [1.165, 1.54) is 0 Å². The highest BCUT2D eigenvalue weighted by Crippen LogP contribution is 2.26. The normalized spacial score (nSPS) is 14.0. The molecule has 0 aliphatic carbocycles. The highest BCUT2D eigenvalue weighted by atomic mass is 35.5. The summed E-state index contributed by atoms with van der Waals surface area (Å²) in [6.45, 7) is 1.74. The van der Waals surface area contributed by atoms with Crippen LogP contribution in [0.25, 0.3) is 11.0 Å². The smallest absolute Gasteiger partial charge is 0.326 e. The number of imidazole rings is 1. The molecule has 0 fully saturated rings. The molecule has 0 spiro atoms. The van der Waals surface area contributed by atoms with Gasteiger partial charge in [0.15, 0.2) is 0 Å². The van der Waals surface area contributed by atoms with Crippen LogP contribution >= 0.6 is 11.6 Å². The van der Waals surface area contributed by atoms with Gasteiger partial charge in [0.2, 0.25) is 5.91 Å². The minimum atomic E-state index is -0.199. The Bertz CT molecular complexity index is 1020. The topological polar surface area (TPSA) is 67.3 Å². The van der Waals surface area contributed by atoms with Crippen LogP contribution in [0.2, 0.25) is 5.02 Å². The summed E-state index contributed by atoms with van der Waals surface area (Å²) >= 11 is 6.06. The zero-order chi connectivity index (χ0) is 18.1. The molecule has 26 heavy (non-hydrogen) atoms. The predicted octanol–water partition coefficient (Wildman–Crippen LogP) is 2.79. The summed E-state index contributed by atoms with van der Waals surface area (Å²) in [6.07, 6.45) is 0.248. The Morgan fingerprint density at radius 2 is 2.08 bits per heavy atom. The molecule has 7 heteroatoms. The number of aromatic amines is 1. The molecule has 0 radical (unpaired) electrons. The fraction of sp³-hybridized carbons (Fsp3) is 0.263. The van der Waals surface area contributed by atoms with E-state index in [0.717, 1.165) is 22.3 Å². The third-order valence-electron chi connectivity index (χ3n) is 4.59. The number of para-hydroxylation sites is 2. The van der Waals surface area contributed by atoms with E-state index >= 15 is 0 Å². The molecule has 0 saturated carbocycles. The van der Waals surface area contributed by atoms with Gasteiger partial charge in [-0.3, -0.25) is 9.36 Å². The Morgan fingerprint density at radius 1 is 1.23 bits per heavy atom. The van der Waals surface area contributed by atoms with Crippen LogP contribution in [0, 0.1) is 0 Å². The first kappa shape index (κ1) is 16.7. The lowest BCUT2D eigenvalue weighted by Gasteiger charge is -2.20. The monoisotopic (exact) mass is 371 g/mol. The number of amides is 1. The van der Waals surface area contributed by atoms with Crippen LogP contribution in [0.3, 0.4) is 0 Å². The van der Waals surface area contributed by atoms with Crippen LogP contribution in [-0.4, -0.2) is 33.5 Å². The quantitative estimate of drug-likeness (QED) is 0.769. The largest absolute Gasteiger partial charge is 0.491 e. The SMILES string of the molecule is O=C(CCn1c(=O)[nH]c2ccccc21)N1CCOc2ccc(Cl)cc2C1. The van der Waals surface area contributed by atoms with Crippen molar-refractivity contribution in [2.45, 2.75) is 19.5 Å². The lowest BCUT2D eigenvalue weighted by molar-refractivity contribution is -0.132. The lowest BCUT2D eigenvalue weighted by Crippen LogP contribution is -2.33. The minimum Gasteiger partial charge on any atom is -0.491 e. The van der Waals surface area contributed by atoms with Gasteiger partial charge in [-0.1, -0.05) is 23.7 Å². The second-order valence-electron chi connectivity index (χ2n) is 6.26. The maximum Gasteiger partial charge on any atom is 0.326 e. The maximum absolute atomic E-state index is 12.7.